The van der Waals surface area contributed by atoms with Crippen LogP contribution in [0, 0.1) is 0 Å². The first-order chi connectivity index (χ1) is 19.3. The van der Waals surface area contributed by atoms with Crippen LogP contribution in [0.4, 0.5) is 42.8 Å². The second-order valence-electron chi connectivity index (χ2n) is 9.08. The number of ether oxygens (including phenoxy) is 2. The fourth-order valence-corrected chi connectivity index (χ4v) is 4.63. The quantitative estimate of drug-likeness (QED) is 0.316. The Hall–Kier alpha value is -4.30. The van der Waals surface area contributed by atoms with E-state index in [4.69, 9.17) is 9.47 Å². The summed E-state index contributed by atoms with van der Waals surface area (Å²) in [6.07, 6.45) is -8.92. The first-order valence-corrected chi connectivity index (χ1v) is 12.4. The van der Waals surface area contributed by atoms with E-state index in [1.807, 2.05) is 0 Å². The van der Waals surface area contributed by atoms with E-state index in [0.29, 0.717) is 34.8 Å². The van der Waals surface area contributed by atoms with Gasteiger partial charge in [0.2, 0.25) is 0 Å². The maximum atomic E-state index is 13.6. The summed E-state index contributed by atoms with van der Waals surface area (Å²) in [6.45, 7) is 3.01. The lowest BCUT2D eigenvalue weighted by molar-refractivity contribution is -0.143. The van der Waals surface area contributed by atoms with Gasteiger partial charge < -0.3 is 14.4 Å². The molecule has 2 heterocycles. The minimum absolute atomic E-state index is 0.0442. The molecule has 1 amide bonds. The Balaban J connectivity index is 1.91. The Bertz CT molecular complexity index is 1420. The Labute approximate surface area is 230 Å². The number of aromatic nitrogens is 4. The predicted molar refractivity (Wildman–Crippen MR) is 135 cm³/mol. The van der Waals surface area contributed by atoms with E-state index in [1.54, 1.807) is 38.1 Å². The van der Waals surface area contributed by atoms with Gasteiger partial charge in [-0.25, -0.2) is 4.79 Å². The molecule has 9 nitrogen and oxygen atoms in total. The van der Waals surface area contributed by atoms with E-state index < -0.39 is 42.2 Å². The summed E-state index contributed by atoms with van der Waals surface area (Å²) in [5.41, 5.74) is -1.80. The zero-order valence-electron chi connectivity index (χ0n) is 22.4. The van der Waals surface area contributed by atoms with Crippen LogP contribution in [-0.4, -0.2) is 40.0 Å². The summed E-state index contributed by atoms with van der Waals surface area (Å²) in [4.78, 5) is 16.9. The van der Waals surface area contributed by atoms with Crippen molar-refractivity contribution in [1.82, 2.24) is 20.2 Å². The van der Waals surface area contributed by atoms with Crippen LogP contribution >= 0.6 is 0 Å². The Morgan fingerprint density at radius 1 is 1.10 bits per heavy atom. The van der Waals surface area contributed by atoms with Crippen LogP contribution in [-0.2, 0) is 30.7 Å². The van der Waals surface area contributed by atoms with E-state index in [1.165, 1.54) is 24.0 Å². The van der Waals surface area contributed by atoms with Gasteiger partial charge in [-0.15, -0.1) is 5.10 Å². The lowest BCUT2D eigenvalue weighted by Gasteiger charge is -2.40. The van der Waals surface area contributed by atoms with Gasteiger partial charge in [0.25, 0.3) is 5.95 Å². The molecular formula is C26H26F6N6O3. The standard InChI is InChI=1S/C26H26F6N6O3/c1-5-18-12-22(20-13-19(40-4)7-8-21(20)38(18)24(39)41-6-2)37(23-33-35-36(3)34-23)14-15-9-16(25(27,28)29)11-17(10-15)26(30,31)32/h5,7-11,13,22H,6,12,14H2,1-4H3/b18-5+/t22-/m0/s1. The Kier molecular flexibility index (Phi) is 8.17. The maximum absolute atomic E-state index is 13.6. The number of tetrazole rings is 1. The average molecular weight is 585 g/mol. The fraction of sp³-hybridized carbons (Fsp3) is 0.385. The maximum Gasteiger partial charge on any atom is 0.418 e. The number of carbonyl (C=O) groups excluding carboxylic acids is 1. The number of allylic oxidation sites excluding steroid dienone is 1. The summed E-state index contributed by atoms with van der Waals surface area (Å²) in [6, 6.07) is 5.51. The van der Waals surface area contributed by atoms with Crippen LogP contribution in [0.25, 0.3) is 0 Å². The Morgan fingerprint density at radius 2 is 1.76 bits per heavy atom. The molecule has 41 heavy (non-hydrogen) atoms. The molecule has 2 aromatic carbocycles. The van der Waals surface area contributed by atoms with Crippen molar-refractivity contribution in [1.29, 1.82) is 0 Å². The molecule has 220 valence electrons. The highest BCUT2D eigenvalue weighted by Gasteiger charge is 2.40. The van der Waals surface area contributed by atoms with Gasteiger partial charge in [0.1, 0.15) is 5.75 Å². The van der Waals surface area contributed by atoms with Crippen molar-refractivity contribution >= 4 is 17.7 Å². The molecule has 0 bridgehead atoms. The lowest BCUT2D eigenvalue weighted by atomic mass is 9.92. The molecule has 1 aliphatic rings. The number of alkyl halides is 6. The molecule has 0 N–H and O–H groups in total. The average Bonchev–Trinajstić information content (AvgIpc) is 3.35. The molecule has 0 spiro atoms. The first kappa shape index (κ1) is 29.7. The normalized spacial score (nSPS) is 16.5. The molecule has 1 aromatic heterocycles. The van der Waals surface area contributed by atoms with Crippen molar-refractivity contribution in [3.63, 3.8) is 0 Å². The number of fused-ring (bicyclic) bond motifs is 1. The third-order valence-corrected chi connectivity index (χ3v) is 6.44. The van der Waals surface area contributed by atoms with Gasteiger partial charge in [-0.3, -0.25) is 4.90 Å². The van der Waals surface area contributed by atoms with Crippen LogP contribution in [0.15, 0.2) is 48.2 Å². The van der Waals surface area contributed by atoms with Crippen LogP contribution in [0.3, 0.4) is 0 Å². The summed E-state index contributed by atoms with van der Waals surface area (Å²) in [5.74, 6) is 0.365. The monoisotopic (exact) mass is 584 g/mol. The van der Waals surface area contributed by atoms with E-state index in [2.05, 4.69) is 15.4 Å². The summed E-state index contributed by atoms with van der Waals surface area (Å²) >= 11 is 0. The van der Waals surface area contributed by atoms with Crippen LogP contribution in [0.5, 0.6) is 5.75 Å². The number of methoxy groups -OCH3 is 1. The van der Waals surface area contributed by atoms with Crippen LogP contribution < -0.4 is 14.5 Å². The third-order valence-electron chi connectivity index (χ3n) is 6.44. The molecule has 3 aromatic rings. The summed E-state index contributed by atoms with van der Waals surface area (Å²) in [5, 5.41) is 12.0. The van der Waals surface area contributed by atoms with Crippen molar-refractivity contribution in [3.8, 4) is 5.75 Å². The molecule has 1 aliphatic heterocycles. The molecule has 0 fully saturated rings. The van der Waals surface area contributed by atoms with Crippen LogP contribution in [0.2, 0.25) is 0 Å². The number of aryl methyl sites for hydroxylation is 1. The van der Waals surface area contributed by atoms with Gasteiger partial charge >= 0.3 is 18.4 Å². The third kappa shape index (κ3) is 6.23. The smallest absolute Gasteiger partial charge is 0.418 e. The largest absolute Gasteiger partial charge is 0.497 e. The zero-order chi connectivity index (χ0) is 30.1. The SMILES string of the molecule is C/C=C1\C[C@H](N(Cc2cc(C(F)(F)F)cc(C(F)(F)F)c2)c2nnn(C)n2)c2cc(OC)ccc2N1C(=O)OCC. The highest BCUT2D eigenvalue weighted by Crippen LogP contribution is 2.46. The summed E-state index contributed by atoms with van der Waals surface area (Å²) < 4.78 is 92.4. The number of hydrogen-bond acceptors (Lipinski definition) is 7. The second kappa shape index (κ2) is 11.3. The number of rotatable bonds is 6. The number of halogens is 6. The van der Waals surface area contributed by atoms with Gasteiger partial charge in [0, 0.05) is 24.2 Å². The molecule has 1 atom stereocenters. The molecule has 0 saturated carbocycles. The van der Waals surface area contributed by atoms with Crippen LogP contribution in [0.1, 0.15) is 48.6 Å². The first-order valence-electron chi connectivity index (χ1n) is 12.4. The minimum atomic E-state index is -5.02. The van der Waals surface area contributed by atoms with Crippen molar-refractivity contribution in [2.24, 2.45) is 7.05 Å². The molecular weight excluding hydrogens is 558 g/mol. The van der Waals surface area contributed by atoms with E-state index in [0.717, 1.165) is 4.80 Å². The summed E-state index contributed by atoms with van der Waals surface area (Å²) in [7, 11) is 2.90. The molecule has 0 radical (unpaired) electrons. The van der Waals surface area contributed by atoms with Crippen molar-refractivity contribution in [2.75, 3.05) is 23.5 Å². The van der Waals surface area contributed by atoms with Crippen molar-refractivity contribution in [2.45, 2.75) is 45.2 Å². The van der Waals surface area contributed by atoms with Crippen molar-refractivity contribution in [3.05, 3.63) is 70.4 Å². The molecule has 0 unspecified atom stereocenters. The lowest BCUT2D eigenvalue weighted by Crippen LogP contribution is -2.40. The van der Waals surface area contributed by atoms with Gasteiger partial charge in [0.15, 0.2) is 0 Å². The van der Waals surface area contributed by atoms with Gasteiger partial charge in [-0.05, 0) is 61.0 Å². The highest BCUT2D eigenvalue weighted by atomic mass is 19.4. The minimum Gasteiger partial charge on any atom is -0.497 e. The fourth-order valence-electron chi connectivity index (χ4n) is 4.63. The highest BCUT2D eigenvalue weighted by molar-refractivity contribution is 5.93. The second-order valence-corrected chi connectivity index (χ2v) is 9.08. The van der Waals surface area contributed by atoms with E-state index in [-0.39, 0.29) is 30.6 Å². The molecule has 15 heteroatoms. The Morgan fingerprint density at radius 3 is 2.27 bits per heavy atom. The number of carbonyl (C=O) groups is 1. The van der Waals surface area contributed by atoms with Gasteiger partial charge in [0.05, 0.1) is 43.6 Å². The molecule has 0 saturated heterocycles. The number of hydrogen-bond donors (Lipinski definition) is 0. The molecule has 0 aliphatic carbocycles. The number of amides is 1. The van der Waals surface area contributed by atoms with E-state index >= 15 is 0 Å². The number of benzene rings is 2. The topological polar surface area (TPSA) is 85.6 Å². The number of nitrogens with zero attached hydrogens (tertiary/aromatic N) is 6. The van der Waals surface area contributed by atoms with E-state index in [9.17, 15) is 31.1 Å². The predicted octanol–water partition coefficient (Wildman–Crippen LogP) is 6.27. The van der Waals surface area contributed by atoms with Crippen molar-refractivity contribution < 1.29 is 40.6 Å². The zero-order valence-corrected chi connectivity index (χ0v) is 22.4. The van der Waals surface area contributed by atoms with Gasteiger partial charge in [-0.1, -0.05) is 11.2 Å². The number of anilines is 2. The van der Waals surface area contributed by atoms with Gasteiger partial charge in [-0.2, -0.15) is 31.1 Å². The molecule has 4 rings (SSSR count).